The van der Waals surface area contributed by atoms with Gasteiger partial charge in [0.2, 0.25) is 0 Å². The zero-order valence-electron chi connectivity index (χ0n) is 18.4. The quantitative estimate of drug-likeness (QED) is 0.608. The highest BCUT2D eigenvalue weighted by Crippen LogP contribution is 2.27. The van der Waals surface area contributed by atoms with Crippen molar-refractivity contribution in [3.63, 3.8) is 0 Å². The van der Waals surface area contributed by atoms with Gasteiger partial charge in [-0.15, -0.1) is 10.2 Å². The highest BCUT2D eigenvalue weighted by atomic mass is 79.9. The van der Waals surface area contributed by atoms with E-state index < -0.39 is 0 Å². The molecular weight excluding hydrogens is 486 g/mol. The van der Waals surface area contributed by atoms with E-state index in [0.717, 1.165) is 67.7 Å². The van der Waals surface area contributed by atoms with Crippen LogP contribution in [0.25, 0.3) is 0 Å². The van der Waals surface area contributed by atoms with Crippen molar-refractivity contribution in [1.82, 2.24) is 15.5 Å². The number of nitriles is 1. The average molecular weight is 514 g/mol. The van der Waals surface area contributed by atoms with Gasteiger partial charge >= 0.3 is 0 Å². The molecule has 0 atom stereocenters. The average Bonchev–Trinajstić information content (AvgIpc) is 2.85. The number of aromatic nitrogens is 2. The first kappa shape index (κ1) is 23.5. The van der Waals surface area contributed by atoms with Gasteiger partial charge in [-0.3, -0.25) is 4.79 Å². The van der Waals surface area contributed by atoms with Crippen molar-refractivity contribution in [2.45, 2.75) is 50.7 Å². The largest absolute Gasteiger partial charge is 0.490 e. The van der Waals surface area contributed by atoms with Gasteiger partial charge in [-0.1, -0.05) is 0 Å². The Hall–Kier alpha value is -2.70. The van der Waals surface area contributed by atoms with Crippen LogP contribution in [0.5, 0.6) is 5.75 Å². The number of rotatable bonds is 6. The van der Waals surface area contributed by atoms with Crippen LogP contribution in [0, 0.1) is 17.2 Å². The molecule has 1 aliphatic carbocycles. The molecule has 8 nitrogen and oxygen atoms in total. The number of ether oxygens (including phenoxy) is 1. The molecule has 33 heavy (non-hydrogen) atoms. The highest BCUT2D eigenvalue weighted by molar-refractivity contribution is 9.10. The van der Waals surface area contributed by atoms with Crippen molar-refractivity contribution in [2.75, 3.05) is 24.6 Å². The number of carbonyl (C=O) groups excluding carboxylic acids is 1. The minimum atomic E-state index is -0.201. The molecule has 0 bridgehead atoms. The van der Waals surface area contributed by atoms with Gasteiger partial charge in [0.15, 0.2) is 11.5 Å². The first-order valence-electron chi connectivity index (χ1n) is 11.4. The lowest BCUT2D eigenvalue weighted by atomic mass is 9.93. The Bertz CT molecular complexity index is 994. The fourth-order valence-corrected chi connectivity index (χ4v) is 4.84. The summed E-state index contributed by atoms with van der Waals surface area (Å²) in [6.45, 7) is 1.92. The van der Waals surface area contributed by atoms with Crippen molar-refractivity contribution in [3.8, 4) is 11.8 Å². The first-order valence-corrected chi connectivity index (χ1v) is 12.2. The standard InChI is InChI=1S/C24H28BrN5O3/c25-21-13-20(4-1-17(21)14-26)33-19-5-2-18(3-6-19)27-24(32)22-7-8-23(29-28-22)30-11-9-16(15-31)10-12-30/h1,4,7-8,13,16,18-19,31H,2-3,5-6,9-12,15H2,(H,27,32). The van der Waals surface area contributed by atoms with E-state index in [9.17, 15) is 9.90 Å². The number of hydrogen-bond acceptors (Lipinski definition) is 7. The van der Waals surface area contributed by atoms with Gasteiger partial charge in [-0.05, 0) is 90.7 Å². The summed E-state index contributed by atoms with van der Waals surface area (Å²) in [7, 11) is 0. The van der Waals surface area contributed by atoms with Gasteiger partial charge in [0.1, 0.15) is 11.8 Å². The van der Waals surface area contributed by atoms with Crippen LogP contribution in [0.2, 0.25) is 0 Å². The summed E-state index contributed by atoms with van der Waals surface area (Å²) in [5.41, 5.74) is 0.904. The summed E-state index contributed by atoms with van der Waals surface area (Å²) in [5, 5.41) is 29.8. The van der Waals surface area contributed by atoms with Crippen LogP contribution in [0.3, 0.4) is 0 Å². The van der Waals surface area contributed by atoms with E-state index >= 15 is 0 Å². The van der Waals surface area contributed by atoms with Crippen molar-refractivity contribution in [2.24, 2.45) is 5.92 Å². The molecule has 0 radical (unpaired) electrons. The number of carbonyl (C=O) groups is 1. The minimum Gasteiger partial charge on any atom is -0.490 e. The van der Waals surface area contributed by atoms with E-state index in [1.54, 1.807) is 12.1 Å². The lowest BCUT2D eigenvalue weighted by Crippen LogP contribution is -2.40. The summed E-state index contributed by atoms with van der Waals surface area (Å²) in [4.78, 5) is 14.8. The van der Waals surface area contributed by atoms with Gasteiger partial charge in [-0.25, -0.2) is 0 Å². The van der Waals surface area contributed by atoms with Crippen LogP contribution >= 0.6 is 15.9 Å². The van der Waals surface area contributed by atoms with Crippen molar-refractivity contribution in [3.05, 3.63) is 46.1 Å². The molecule has 2 N–H and O–H groups in total. The first-order chi connectivity index (χ1) is 16.1. The summed E-state index contributed by atoms with van der Waals surface area (Å²) in [5.74, 6) is 1.68. The predicted octanol–water partition coefficient (Wildman–Crippen LogP) is 3.44. The SMILES string of the molecule is N#Cc1ccc(OC2CCC(NC(=O)c3ccc(N4CCC(CO)CC4)nn3)CC2)cc1Br. The Balaban J connectivity index is 1.24. The monoisotopic (exact) mass is 513 g/mol. The third-order valence-corrected chi connectivity index (χ3v) is 7.11. The van der Waals surface area contributed by atoms with E-state index in [1.165, 1.54) is 0 Å². The van der Waals surface area contributed by atoms with E-state index in [1.807, 2.05) is 18.2 Å². The van der Waals surface area contributed by atoms with Crippen LogP contribution < -0.4 is 15.0 Å². The van der Waals surface area contributed by atoms with E-state index in [0.29, 0.717) is 17.2 Å². The molecular formula is C24H28BrN5O3. The van der Waals surface area contributed by atoms with Crippen LogP contribution in [0.15, 0.2) is 34.8 Å². The van der Waals surface area contributed by atoms with Crippen LogP contribution in [0.1, 0.15) is 54.6 Å². The fraction of sp³-hybridized carbons (Fsp3) is 0.500. The molecule has 2 heterocycles. The van der Waals surface area contributed by atoms with Crippen LogP contribution in [0.4, 0.5) is 5.82 Å². The molecule has 2 aliphatic rings. The molecule has 174 valence electrons. The maximum Gasteiger partial charge on any atom is 0.272 e. The molecule has 4 rings (SSSR count). The second-order valence-corrected chi connectivity index (χ2v) is 9.56. The fourth-order valence-electron chi connectivity index (χ4n) is 4.40. The Morgan fingerprint density at radius 2 is 1.91 bits per heavy atom. The summed E-state index contributed by atoms with van der Waals surface area (Å²) in [6.07, 6.45) is 5.32. The Labute approximate surface area is 202 Å². The second kappa shape index (κ2) is 10.9. The zero-order valence-corrected chi connectivity index (χ0v) is 20.0. The van der Waals surface area contributed by atoms with Crippen molar-refractivity contribution in [1.29, 1.82) is 5.26 Å². The molecule has 1 saturated heterocycles. The van der Waals surface area contributed by atoms with Gasteiger partial charge in [0, 0.05) is 30.2 Å². The lowest BCUT2D eigenvalue weighted by Gasteiger charge is -2.31. The number of nitrogens with zero attached hydrogens (tertiary/aromatic N) is 4. The Morgan fingerprint density at radius 1 is 1.15 bits per heavy atom. The molecule has 1 aliphatic heterocycles. The molecule has 1 aromatic heterocycles. The van der Waals surface area contributed by atoms with Gasteiger partial charge < -0.3 is 20.1 Å². The third-order valence-electron chi connectivity index (χ3n) is 6.45. The summed E-state index contributed by atoms with van der Waals surface area (Å²) in [6, 6.07) is 11.2. The lowest BCUT2D eigenvalue weighted by molar-refractivity contribution is 0.0888. The van der Waals surface area contributed by atoms with E-state index in [-0.39, 0.29) is 24.7 Å². The zero-order chi connectivity index (χ0) is 23.2. The number of anilines is 1. The second-order valence-electron chi connectivity index (χ2n) is 8.71. The van der Waals surface area contributed by atoms with Gasteiger partial charge in [0.05, 0.1) is 11.7 Å². The molecule has 2 fully saturated rings. The summed E-state index contributed by atoms with van der Waals surface area (Å²) < 4.78 is 6.79. The molecule has 0 unspecified atom stereocenters. The van der Waals surface area contributed by atoms with Crippen molar-refractivity contribution < 1.29 is 14.6 Å². The number of piperidine rings is 1. The number of amides is 1. The Morgan fingerprint density at radius 3 is 2.52 bits per heavy atom. The Kier molecular flexibility index (Phi) is 7.78. The van der Waals surface area contributed by atoms with Gasteiger partial charge in [0.25, 0.3) is 5.91 Å². The van der Waals surface area contributed by atoms with Crippen molar-refractivity contribution >= 4 is 27.7 Å². The van der Waals surface area contributed by atoms with Crippen LogP contribution in [-0.2, 0) is 0 Å². The normalized spacial score (nSPS) is 21.3. The maximum absolute atomic E-state index is 12.6. The molecule has 1 saturated carbocycles. The smallest absolute Gasteiger partial charge is 0.272 e. The minimum absolute atomic E-state index is 0.0871. The van der Waals surface area contributed by atoms with E-state index in [4.69, 9.17) is 10.00 Å². The molecule has 0 spiro atoms. The third kappa shape index (κ3) is 6.01. The molecule has 1 aromatic carbocycles. The van der Waals surface area contributed by atoms with Gasteiger partial charge in [-0.2, -0.15) is 5.26 Å². The number of aliphatic hydroxyl groups excluding tert-OH is 1. The number of hydrogen-bond donors (Lipinski definition) is 2. The number of aliphatic hydroxyl groups is 1. The predicted molar refractivity (Wildman–Crippen MR) is 127 cm³/mol. The maximum atomic E-state index is 12.6. The van der Waals surface area contributed by atoms with E-state index in [2.05, 4.69) is 42.4 Å². The molecule has 9 heteroatoms. The number of benzene rings is 1. The topological polar surface area (TPSA) is 111 Å². The number of halogens is 1. The highest BCUT2D eigenvalue weighted by Gasteiger charge is 2.25. The molecule has 2 aromatic rings. The molecule has 1 amide bonds. The summed E-state index contributed by atoms with van der Waals surface area (Å²) >= 11 is 3.39. The number of nitrogens with one attached hydrogen (secondary N) is 1. The van der Waals surface area contributed by atoms with Crippen LogP contribution in [-0.4, -0.2) is 53.1 Å².